The summed E-state index contributed by atoms with van der Waals surface area (Å²) < 4.78 is 7.28. The predicted octanol–water partition coefficient (Wildman–Crippen LogP) is 3.46. The van der Waals surface area contributed by atoms with Crippen LogP contribution in [0.2, 0.25) is 5.02 Å². The van der Waals surface area contributed by atoms with Gasteiger partial charge in [0, 0.05) is 10.8 Å². The molecule has 3 rings (SSSR count). The van der Waals surface area contributed by atoms with Crippen molar-refractivity contribution in [2.45, 2.75) is 25.1 Å². The first-order valence-electron chi connectivity index (χ1n) is 8.09. The summed E-state index contributed by atoms with van der Waals surface area (Å²) in [7, 11) is 0. The van der Waals surface area contributed by atoms with Gasteiger partial charge in [0.05, 0.1) is 11.8 Å². The molecule has 0 aliphatic heterocycles. The fourth-order valence-corrected chi connectivity index (χ4v) is 3.40. The minimum absolute atomic E-state index is 0.180. The molecule has 0 amide bonds. The van der Waals surface area contributed by atoms with Crippen LogP contribution in [0.25, 0.3) is 5.69 Å². The largest absolute Gasteiger partial charge is 0.491 e. The highest BCUT2D eigenvalue weighted by molar-refractivity contribution is 7.99. The Bertz CT molecular complexity index is 850. The Morgan fingerprint density at radius 1 is 1.15 bits per heavy atom. The zero-order valence-electron chi connectivity index (χ0n) is 14.5. The second kappa shape index (κ2) is 8.53. The molecule has 26 heavy (non-hydrogen) atoms. The number of hydrogen-bond acceptors (Lipinski definition) is 6. The molecule has 6 nitrogen and oxygen atoms in total. The highest BCUT2D eigenvalue weighted by Crippen LogP contribution is 2.24. The number of aliphatic hydroxyl groups is 1. The number of aryl methyl sites for hydroxylation is 2. The third-order valence-corrected chi connectivity index (χ3v) is 5.07. The summed E-state index contributed by atoms with van der Waals surface area (Å²) in [4.78, 5) is 0. The molecule has 1 aromatic heterocycles. The predicted molar refractivity (Wildman–Crippen MR) is 102 cm³/mol. The number of tetrazole rings is 1. The van der Waals surface area contributed by atoms with Gasteiger partial charge in [0.15, 0.2) is 0 Å². The van der Waals surface area contributed by atoms with Crippen molar-refractivity contribution in [1.29, 1.82) is 0 Å². The third kappa shape index (κ3) is 4.55. The van der Waals surface area contributed by atoms with Crippen LogP contribution in [0.5, 0.6) is 5.75 Å². The molecule has 2 aromatic carbocycles. The van der Waals surface area contributed by atoms with Gasteiger partial charge >= 0.3 is 0 Å². The standard InChI is InChI=1S/C18H19ClN4O2S/c1-12-4-3-5-13(2)17(12)23-18(20-21-22-23)26-11-15(24)10-25-16-8-6-14(19)7-9-16/h3-9,15,24H,10-11H2,1-2H3. The molecule has 1 atom stereocenters. The lowest BCUT2D eigenvalue weighted by atomic mass is 10.1. The van der Waals surface area contributed by atoms with E-state index in [1.807, 2.05) is 32.0 Å². The Balaban J connectivity index is 1.60. The van der Waals surface area contributed by atoms with E-state index in [0.717, 1.165) is 16.8 Å². The lowest BCUT2D eigenvalue weighted by Gasteiger charge is -2.13. The molecule has 8 heteroatoms. The molecular weight excluding hydrogens is 372 g/mol. The zero-order valence-corrected chi connectivity index (χ0v) is 16.0. The Labute approximate surface area is 161 Å². The van der Waals surface area contributed by atoms with Crippen molar-refractivity contribution in [2.75, 3.05) is 12.4 Å². The number of halogens is 1. The zero-order chi connectivity index (χ0) is 18.5. The van der Waals surface area contributed by atoms with Crippen molar-refractivity contribution in [3.05, 3.63) is 58.6 Å². The number of ether oxygens (including phenoxy) is 1. The van der Waals surface area contributed by atoms with E-state index in [4.69, 9.17) is 16.3 Å². The van der Waals surface area contributed by atoms with Gasteiger partial charge in [0.1, 0.15) is 12.4 Å². The van der Waals surface area contributed by atoms with Crippen LogP contribution in [-0.2, 0) is 0 Å². The molecule has 0 aliphatic carbocycles. The molecule has 0 bridgehead atoms. The molecule has 0 saturated carbocycles. The molecule has 0 aliphatic rings. The highest BCUT2D eigenvalue weighted by Gasteiger charge is 2.15. The Morgan fingerprint density at radius 3 is 2.54 bits per heavy atom. The number of hydrogen-bond donors (Lipinski definition) is 1. The molecule has 1 N–H and O–H groups in total. The van der Waals surface area contributed by atoms with Crippen molar-refractivity contribution in [3.63, 3.8) is 0 Å². The van der Waals surface area contributed by atoms with E-state index in [-0.39, 0.29) is 6.61 Å². The minimum atomic E-state index is -0.654. The molecule has 1 unspecified atom stereocenters. The minimum Gasteiger partial charge on any atom is -0.491 e. The third-order valence-electron chi connectivity index (χ3n) is 3.75. The smallest absolute Gasteiger partial charge is 0.214 e. The molecule has 1 heterocycles. The number of nitrogens with zero attached hydrogens (tertiary/aromatic N) is 4. The molecule has 0 spiro atoms. The first-order chi connectivity index (χ1) is 12.5. The Morgan fingerprint density at radius 2 is 1.85 bits per heavy atom. The van der Waals surface area contributed by atoms with Crippen LogP contribution in [-0.4, -0.2) is 43.8 Å². The van der Waals surface area contributed by atoms with Crippen molar-refractivity contribution >= 4 is 23.4 Å². The number of para-hydroxylation sites is 1. The molecule has 3 aromatic rings. The molecule has 136 valence electrons. The van der Waals surface area contributed by atoms with Gasteiger partial charge in [0.2, 0.25) is 5.16 Å². The second-order valence-electron chi connectivity index (χ2n) is 5.84. The van der Waals surface area contributed by atoms with Crippen molar-refractivity contribution in [2.24, 2.45) is 0 Å². The first kappa shape index (κ1) is 18.7. The summed E-state index contributed by atoms with van der Waals surface area (Å²) in [6, 6.07) is 13.1. The highest BCUT2D eigenvalue weighted by atomic mass is 35.5. The summed E-state index contributed by atoms with van der Waals surface area (Å²) in [5.41, 5.74) is 3.14. The molecule has 0 saturated heterocycles. The van der Waals surface area contributed by atoms with Crippen molar-refractivity contribution in [3.8, 4) is 11.4 Å². The monoisotopic (exact) mass is 390 g/mol. The van der Waals surface area contributed by atoms with Crippen LogP contribution >= 0.6 is 23.4 Å². The number of aromatic nitrogens is 4. The molecular formula is C18H19ClN4O2S. The fourth-order valence-electron chi connectivity index (χ4n) is 2.49. The number of benzene rings is 2. The van der Waals surface area contributed by atoms with Crippen molar-refractivity contribution < 1.29 is 9.84 Å². The van der Waals surface area contributed by atoms with Gasteiger partial charge in [-0.1, -0.05) is 41.6 Å². The summed E-state index contributed by atoms with van der Waals surface area (Å²) in [5, 5.41) is 23.4. The quantitative estimate of drug-likeness (QED) is 0.623. The normalized spacial score (nSPS) is 12.2. The van der Waals surface area contributed by atoms with E-state index in [1.165, 1.54) is 11.8 Å². The van der Waals surface area contributed by atoms with Gasteiger partial charge in [-0.2, -0.15) is 4.68 Å². The summed E-state index contributed by atoms with van der Waals surface area (Å²) >= 11 is 7.23. The summed E-state index contributed by atoms with van der Waals surface area (Å²) in [5.74, 6) is 1.08. The van der Waals surface area contributed by atoms with Crippen LogP contribution in [0.4, 0.5) is 0 Å². The van der Waals surface area contributed by atoms with Gasteiger partial charge in [-0.25, -0.2) is 0 Å². The van der Waals surface area contributed by atoms with Crippen LogP contribution in [0.1, 0.15) is 11.1 Å². The molecule has 0 radical (unpaired) electrons. The van der Waals surface area contributed by atoms with Crippen LogP contribution < -0.4 is 4.74 Å². The van der Waals surface area contributed by atoms with Crippen LogP contribution in [0, 0.1) is 13.8 Å². The van der Waals surface area contributed by atoms with Gasteiger partial charge in [0.25, 0.3) is 0 Å². The average molecular weight is 391 g/mol. The van der Waals surface area contributed by atoms with Gasteiger partial charge in [-0.3, -0.25) is 0 Å². The van der Waals surface area contributed by atoms with Crippen LogP contribution in [0.15, 0.2) is 47.6 Å². The maximum absolute atomic E-state index is 10.2. The van der Waals surface area contributed by atoms with E-state index < -0.39 is 6.10 Å². The van der Waals surface area contributed by atoms with E-state index in [0.29, 0.717) is 21.7 Å². The molecule has 0 fully saturated rings. The fraction of sp³-hybridized carbons (Fsp3) is 0.278. The van der Waals surface area contributed by atoms with E-state index in [9.17, 15) is 5.11 Å². The number of aliphatic hydroxyl groups excluding tert-OH is 1. The Kier molecular flexibility index (Phi) is 6.13. The van der Waals surface area contributed by atoms with Gasteiger partial charge in [-0.05, 0) is 59.7 Å². The second-order valence-corrected chi connectivity index (χ2v) is 7.27. The van der Waals surface area contributed by atoms with E-state index >= 15 is 0 Å². The lowest BCUT2D eigenvalue weighted by molar-refractivity contribution is 0.126. The van der Waals surface area contributed by atoms with Crippen LogP contribution in [0.3, 0.4) is 0 Å². The van der Waals surface area contributed by atoms with Crippen molar-refractivity contribution in [1.82, 2.24) is 20.2 Å². The lowest BCUT2D eigenvalue weighted by Crippen LogP contribution is -2.20. The Hall–Kier alpha value is -2.09. The average Bonchev–Trinajstić information content (AvgIpc) is 3.07. The van der Waals surface area contributed by atoms with E-state index in [2.05, 4.69) is 15.5 Å². The maximum Gasteiger partial charge on any atom is 0.214 e. The van der Waals surface area contributed by atoms with E-state index in [1.54, 1.807) is 28.9 Å². The SMILES string of the molecule is Cc1cccc(C)c1-n1nnnc1SCC(O)COc1ccc(Cl)cc1. The van der Waals surface area contributed by atoms with Gasteiger partial charge < -0.3 is 9.84 Å². The first-order valence-corrected chi connectivity index (χ1v) is 9.45. The number of thioether (sulfide) groups is 1. The maximum atomic E-state index is 10.2. The number of rotatable bonds is 7. The summed E-state index contributed by atoms with van der Waals surface area (Å²) in [6.45, 7) is 4.22. The summed E-state index contributed by atoms with van der Waals surface area (Å²) in [6.07, 6.45) is -0.654. The topological polar surface area (TPSA) is 73.1 Å². The van der Waals surface area contributed by atoms with Gasteiger partial charge in [-0.15, -0.1) is 5.10 Å².